The Morgan fingerprint density at radius 3 is 2.58 bits per heavy atom. The van der Waals surface area contributed by atoms with E-state index in [0.717, 1.165) is 24.4 Å². The van der Waals surface area contributed by atoms with Crippen LogP contribution in [0.2, 0.25) is 0 Å². The molecule has 2 aromatic rings. The van der Waals surface area contributed by atoms with E-state index in [-0.39, 0.29) is 0 Å². The van der Waals surface area contributed by atoms with Crippen molar-refractivity contribution in [3.05, 3.63) is 53.9 Å². The van der Waals surface area contributed by atoms with Crippen LogP contribution in [0.3, 0.4) is 0 Å². The summed E-state index contributed by atoms with van der Waals surface area (Å²) in [5.41, 5.74) is 2.21. The summed E-state index contributed by atoms with van der Waals surface area (Å²) >= 11 is 0. The number of rotatable bonds is 6. The average Bonchev–Trinajstić information content (AvgIpc) is 2.49. The van der Waals surface area contributed by atoms with E-state index in [1.54, 1.807) is 13.3 Å². The van der Waals surface area contributed by atoms with E-state index in [1.807, 2.05) is 24.3 Å². The summed E-state index contributed by atoms with van der Waals surface area (Å²) in [6.45, 7) is 2.89. The van der Waals surface area contributed by atoms with Gasteiger partial charge < -0.3 is 10.1 Å². The first-order valence-corrected chi connectivity index (χ1v) is 6.47. The van der Waals surface area contributed by atoms with Gasteiger partial charge in [0.25, 0.3) is 0 Å². The van der Waals surface area contributed by atoms with Crippen LogP contribution in [0.25, 0.3) is 0 Å². The highest BCUT2D eigenvalue weighted by atomic mass is 16.5. The molecule has 4 nitrogen and oxygen atoms in total. The lowest BCUT2D eigenvalue weighted by molar-refractivity contribution is 0.414. The second-order valence-corrected chi connectivity index (χ2v) is 4.33. The molecule has 0 fully saturated rings. The fraction of sp³-hybridized carbons (Fsp3) is 0.333. The number of methoxy groups -OCH3 is 1. The smallest absolute Gasteiger partial charge is 0.118 e. The molecule has 100 valence electrons. The molecule has 1 N–H and O–H groups in total. The van der Waals surface area contributed by atoms with Gasteiger partial charge in [0.05, 0.1) is 12.8 Å². The first-order chi connectivity index (χ1) is 9.33. The molecule has 2 rings (SSSR count). The average molecular weight is 257 g/mol. The molecule has 0 radical (unpaired) electrons. The molecular weight excluding hydrogens is 238 g/mol. The van der Waals surface area contributed by atoms with Gasteiger partial charge in [0.2, 0.25) is 0 Å². The molecular formula is C15H19N3O. The number of hydrogen-bond donors (Lipinski definition) is 1. The molecule has 1 unspecified atom stereocenters. The minimum absolute atomic E-state index is 0.313. The number of ether oxygens (including phenoxy) is 1. The molecule has 0 aliphatic rings. The van der Waals surface area contributed by atoms with Gasteiger partial charge in [0.1, 0.15) is 5.75 Å². The maximum absolute atomic E-state index is 5.17. The van der Waals surface area contributed by atoms with Gasteiger partial charge in [-0.3, -0.25) is 0 Å². The van der Waals surface area contributed by atoms with E-state index in [1.165, 1.54) is 5.56 Å². The lowest BCUT2D eigenvalue weighted by atomic mass is 10.0. The Balaban J connectivity index is 1.99. The zero-order valence-electron chi connectivity index (χ0n) is 11.3. The third-order valence-electron chi connectivity index (χ3n) is 3.08. The van der Waals surface area contributed by atoms with Gasteiger partial charge in [-0.2, -0.15) is 10.2 Å². The zero-order valence-corrected chi connectivity index (χ0v) is 11.3. The van der Waals surface area contributed by atoms with Crippen molar-refractivity contribution in [1.29, 1.82) is 0 Å². The molecule has 1 aromatic heterocycles. The molecule has 1 atom stereocenters. The van der Waals surface area contributed by atoms with Crippen molar-refractivity contribution in [3.63, 3.8) is 0 Å². The topological polar surface area (TPSA) is 47.0 Å². The summed E-state index contributed by atoms with van der Waals surface area (Å²) < 4.78 is 5.17. The van der Waals surface area contributed by atoms with Crippen LogP contribution >= 0.6 is 0 Å². The third kappa shape index (κ3) is 3.76. The Bertz CT molecular complexity index is 485. The van der Waals surface area contributed by atoms with Crippen LogP contribution < -0.4 is 10.1 Å². The molecule has 4 heteroatoms. The standard InChI is InChI=1S/C15H19N3O/c1-3-15(12-6-8-14(19-2)9-7-12)16-11-13-5-4-10-17-18-13/h4-10,15-16H,3,11H2,1-2H3. The van der Waals surface area contributed by atoms with Crippen molar-refractivity contribution in [1.82, 2.24) is 15.5 Å². The van der Waals surface area contributed by atoms with Crippen molar-refractivity contribution in [2.45, 2.75) is 25.9 Å². The van der Waals surface area contributed by atoms with Crippen LogP contribution in [0.5, 0.6) is 5.75 Å². The predicted octanol–water partition coefficient (Wildman–Crippen LogP) is 2.73. The van der Waals surface area contributed by atoms with Crippen molar-refractivity contribution in [3.8, 4) is 5.75 Å². The molecule has 0 bridgehead atoms. The first-order valence-electron chi connectivity index (χ1n) is 6.47. The number of benzene rings is 1. The molecule has 0 spiro atoms. The molecule has 1 aromatic carbocycles. The van der Waals surface area contributed by atoms with E-state index in [9.17, 15) is 0 Å². The lowest BCUT2D eigenvalue weighted by Gasteiger charge is -2.17. The van der Waals surface area contributed by atoms with E-state index in [2.05, 4.69) is 34.6 Å². The van der Waals surface area contributed by atoms with Gasteiger partial charge >= 0.3 is 0 Å². The van der Waals surface area contributed by atoms with Crippen LogP contribution in [0.1, 0.15) is 30.6 Å². The second-order valence-electron chi connectivity index (χ2n) is 4.33. The summed E-state index contributed by atoms with van der Waals surface area (Å²) in [5, 5.41) is 11.4. The molecule has 0 amide bonds. The fourth-order valence-electron chi connectivity index (χ4n) is 1.99. The summed E-state index contributed by atoms with van der Waals surface area (Å²) in [6, 6.07) is 12.4. The molecule has 0 saturated heterocycles. The van der Waals surface area contributed by atoms with Crippen LogP contribution in [0.4, 0.5) is 0 Å². The molecule has 0 saturated carbocycles. The van der Waals surface area contributed by atoms with E-state index in [0.29, 0.717) is 6.04 Å². The van der Waals surface area contributed by atoms with Crippen molar-refractivity contribution in [2.75, 3.05) is 7.11 Å². The van der Waals surface area contributed by atoms with Crippen LogP contribution in [-0.4, -0.2) is 17.3 Å². The first kappa shape index (κ1) is 13.5. The Labute approximate surface area is 113 Å². The number of nitrogens with one attached hydrogen (secondary N) is 1. The summed E-state index contributed by atoms with van der Waals surface area (Å²) in [5.74, 6) is 0.882. The normalized spacial score (nSPS) is 12.1. The quantitative estimate of drug-likeness (QED) is 0.864. The number of hydrogen-bond acceptors (Lipinski definition) is 4. The van der Waals surface area contributed by atoms with Gasteiger partial charge in [-0.25, -0.2) is 0 Å². The Morgan fingerprint density at radius 1 is 1.21 bits per heavy atom. The van der Waals surface area contributed by atoms with Gasteiger partial charge in [-0.05, 0) is 36.2 Å². The van der Waals surface area contributed by atoms with Crippen LogP contribution in [-0.2, 0) is 6.54 Å². The molecule has 0 aliphatic heterocycles. The number of nitrogens with zero attached hydrogens (tertiary/aromatic N) is 2. The zero-order chi connectivity index (χ0) is 13.5. The Morgan fingerprint density at radius 2 is 2.00 bits per heavy atom. The largest absolute Gasteiger partial charge is 0.497 e. The van der Waals surface area contributed by atoms with Gasteiger partial charge in [0, 0.05) is 18.8 Å². The van der Waals surface area contributed by atoms with Crippen molar-refractivity contribution < 1.29 is 4.74 Å². The molecule has 19 heavy (non-hydrogen) atoms. The third-order valence-corrected chi connectivity index (χ3v) is 3.08. The highest BCUT2D eigenvalue weighted by Crippen LogP contribution is 2.20. The van der Waals surface area contributed by atoms with E-state index < -0.39 is 0 Å². The highest BCUT2D eigenvalue weighted by Gasteiger charge is 2.09. The number of aromatic nitrogens is 2. The lowest BCUT2D eigenvalue weighted by Crippen LogP contribution is -2.20. The van der Waals surface area contributed by atoms with Crippen LogP contribution in [0, 0.1) is 0 Å². The van der Waals surface area contributed by atoms with E-state index in [4.69, 9.17) is 4.74 Å². The second kappa shape index (κ2) is 6.85. The van der Waals surface area contributed by atoms with Gasteiger partial charge in [0.15, 0.2) is 0 Å². The maximum Gasteiger partial charge on any atom is 0.118 e. The SMILES string of the molecule is CCC(NCc1cccnn1)c1ccc(OC)cc1. The van der Waals surface area contributed by atoms with Gasteiger partial charge in [-0.1, -0.05) is 19.1 Å². The molecule has 0 aliphatic carbocycles. The fourth-order valence-corrected chi connectivity index (χ4v) is 1.99. The summed E-state index contributed by atoms with van der Waals surface area (Å²) in [4.78, 5) is 0. The highest BCUT2D eigenvalue weighted by molar-refractivity contribution is 5.29. The van der Waals surface area contributed by atoms with Gasteiger partial charge in [-0.15, -0.1) is 0 Å². The Kier molecular flexibility index (Phi) is 4.86. The summed E-state index contributed by atoms with van der Waals surface area (Å²) in [6.07, 6.45) is 2.71. The van der Waals surface area contributed by atoms with Crippen molar-refractivity contribution in [2.24, 2.45) is 0 Å². The Hall–Kier alpha value is -1.94. The predicted molar refractivity (Wildman–Crippen MR) is 74.9 cm³/mol. The monoisotopic (exact) mass is 257 g/mol. The summed E-state index contributed by atoms with van der Waals surface area (Å²) in [7, 11) is 1.68. The minimum atomic E-state index is 0.313. The van der Waals surface area contributed by atoms with Crippen LogP contribution in [0.15, 0.2) is 42.6 Å². The van der Waals surface area contributed by atoms with Crippen molar-refractivity contribution >= 4 is 0 Å². The maximum atomic E-state index is 5.17. The van der Waals surface area contributed by atoms with E-state index >= 15 is 0 Å². The minimum Gasteiger partial charge on any atom is -0.497 e. The molecule has 1 heterocycles.